The molecule has 3 fully saturated rings. The summed E-state index contributed by atoms with van der Waals surface area (Å²) in [4.78, 5) is 27.3. The molecule has 11 nitrogen and oxygen atoms in total. The van der Waals surface area contributed by atoms with E-state index >= 15 is 0 Å². The van der Waals surface area contributed by atoms with Gasteiger partial charge < -0.3 is 25.0 Å². The third kappa shape index (κ3) is 6.55. The molecule has 0 spiro atoms. The molecule has 1 aromatic carbocycles. The van der Waals surface area contributed by atoms with E-state index in [4.69, 9.17) is 29.4 Å². The zero-order chi connectivity index (χ0) is 26.3. The molecule has 11 heteroatoms. The van der Waals surface area contributed by atoms with Gasteiger partial charge in [-0.2, -0.15) is 0 Å². The summed E-state index contributed by atoms with van der Waals surface area (Å²) in [7, 11) is 0. The van der Waals surface area contributed by atoms with Crippen LogP contribution in [0.25, 0.3) is 22.6 Å². The molecule has 0 aliphatic carbocycles. The standard InChI is InChI=1S/C28H39N9O2/c1-2-6-22(7-3-1)24-32-25(29-8-12-35-14-18-38-19-15-35)23-26(33-24)34-28(37-10-4-5-11-37)27(31-23)30-9-13-36-16-20-39-21-17-36/h1-3,6-7H,4-5,8-21H2,(H,30,31)(H,29,32,33,34). The summed E-state index contributed by atoms with van der Waals surface area (Å²) in [6.45, 7) is 12.4. The second kappa shape index (κ2) is 12.8. The van der Waals surface area contributed by atoms with Gasteiger partial charge in [-0.25, -0.2) is 19.9 Å². The minimum Gasteiger partial charge on any atom is -0.379 e. The Labute approximate surface area is 229 Å². The molecule has 208 valence electrons. The first-order chi connectivity index (χ1) is 19.3. The second-order valence-corrected chi connectivity index (χ2v) is 10.3. The van der Waals surface area contributed by atoms with Gasteiger partial charge in [0, 0.05) is 71.0 Å². The number of morpholine rings is 2. The number of ether oxygens (including phenoxy) is 2. The van der Waals surface area contributed by atoms with Gasteiger partial charge in [-0.1, -0.05) is 30.3 Å². The molecule has 0 radical (unpaired) electrons. The number of nitrogens with one attached hydrogen (secondary N) is 2. The van der Waals surface area contributed by atoms with E-state index in [0.717, 1.165) is 115 Å². The summed E-state index contributed by atoms with van der Waals surface area (Å²) in [5.74, 6) is 3.08. The van der Waals surface area contributed by atoms with E-state index in [9.17, 15) is 0 Å². The summed E-state index contributed by atoms with van der Waals surface area (Å²) in [6.07, 6.45) is 2.33. The van der Waals surface area contributed by atoms with Crippen molar-refractivity contribution in [2.75, 3.05) is 107 Å². The minimum atomic E-state index is 0.623. The van der Waals surface area contributed by atoms with E-state index < -0.39 is 0 Å². The number of aromatic nitrogens is 4. The van der Waals surface area contributed by atoms with E-state index in [1.54, 1.807) is 0 Å². The van der Waals surface area contributed by atoms with Crippen molar-refractivity contribution in [3.8, 4) is 11.4 Å². The van der Waals surface area contributed by atoms with Crippen LogP contribution in [0, 0.1) is 0 Å². The van der Waals surface area contributed by atoms with E-state index in [1.165, 1.54) is 12.8 Å². The van der Waals surface area contributed by atoms with Crippen LogP contribution in [0.5, 0.6) is 0 Å². The molecule has 3 aromatic rings. The first-order valence-corrected chi connectivity index (χ1v) is 14.3. The molecule has 39 heavy (non-hydrogen) atoms. The first-order valence-electron chi connectivity index (χ1n) is 14.3. The Morgan fingerprint density at radius 2 is 1.28 bits per heavy atom. The fourth-order valence-corrected chi connectivity index (χ4v) is 5.36. The largest absolute Gasteiger partial charge is 0.379 e. The van der Waals surface area contributed by atoms with Crippen molar-refractivity contribution in [2.45, 2.75) is 12.8 Å². The minimum absolute atomic E-state index is 0.623. The van der Waals surface area contributed by atoms with Crippen molar-refractivity contribution in [1.29, 1.82) is 0 Å². The second-order valence-electron chi connectivity index (χ2n) is 10.3. The molecule has 2 aromatic heterocycles. The van der Waals surface area contributed by atoms with Crippen molar-refractivity contribution < 1.29 is 9.47 Å². The molecule has 0 unspecified atom stereocenters. The molecule has 2 N–H and O–H groups in total. The van der Waals surface area contributed by atoms with Gasteiger partial charge >= 0.3 is 0 Å². The number of nitrogens with zero attached hydrogens (tertiary/aromatic N) is 7. The topological polar surface area (TPSA) is 104 Å². The van der Waals surface area contributed by atoms with Crippen molar-refractivity contribution in [3.63, 3.8) is 0 Å². The summed E-state index contributed by atoms with van der Waals surface area (Å²) in [5, 5.41) is 7.18. The Morgan fingerprint density at radius 1 is 0.667 bits per heavy atom. The maximum atomic E-state index is 5.50. The van der Waals surface area contributed by atoms with E-state index in [2.05, 4.69) is 25.3 Å². The number of benzene rings is 1. The quantitative estimate of drug-likeness (QED) is 0.401. The van der Waals surface area contributed by atoms with Crippen molar-refractivity contribution in [3.05, 3.63) is 30.3 Å². The summed E-state index contributed by atoms with van der Waals surface area (Å²) >= 11 is 0. The van der Waals surface area contributed by atoms with Crippen LogP contribution >= 0.6 is 0 Å². The molecule has 5 heterocycles. The van der Waals surface area contributed by atoms with E-state index in [-0.39, 0.29) is 0 Å². The van der Waals surface area contributed by atoms with Gasteiger partial charge in [0.1, 0.15) is 0 Å². The third-order valence-electron chi connectivity index (χ3n) is 7.60. The van der Waals surface area contributed by atoms with E-state index in [0.29, 0.717) is 17.0 Å². The summed E-state index contributed by atoms with van der Waals surface area (Å²) in [5.41, 5.74) is 2.29. The normalized spacial score (nSPS) is 19.0. The fraction of sp³-hybridized carbons (Fsp3) is 0.571. The SMILES string of the molecule is c1ccc(-c2nc(NCCN3CCOCC3)c3nc(NCCN4CCOCC4)c(N4CCCC4)nc3n2)cc1. The number of rotatable bonds is 10. The average molecular weight is 534 g/mol. The van der Waals surface area contributed by atoms with Crippen LogP contribution in [0.3, 0.4) is 0 Å². The van der Waals surface area contributed by atoms with Crippen LogP contribution in [0.15, 0.2) is 30.3 Å². The van der Waals surface area contributed by atoms with Gasteiger partial charge in [0.2, 0.25) is 0 Å². The van der Waals surface area contributed by atoms with Gasteiger partial charge in [0.05, 0.1) is 26.4 Å². The molecule has 3 saturated heterocycles. The van der Waals surface area contributed by atoms with Gasteiger partial charge in [0.25, 0.3) is 0 Å². The third-order valence-corrected chi connectivity index (χ3v) is 7.60. The van der Waals surface area contributed by atoms with Crippen LogP contribution < -0.4 is 15.5 Å². The summed E-state index contributed by atoms with van der Waals surface area (Å²) < 4.78 is 11.0. The van der Waals surface area contributed by atoms with Gasteiger partial charge in [0.15, 0.2) is 34.4 Å². The molecular formula is C28H39N9O2. The Kier molecular flexibility index (Phi) is 8.59. The highest BCUT2D eigenvalue weighted by Gasteiger charge is 2.23. The lowest BCUT2D eigenvalue weighted by Gasteiger charge is -2.27. The number of anilines is 3. The average Bonchev–Trinajstić information content (AvgIpc) is 3.53. The van der Waals surface area contributed by atoms with Crippen LogP contribution in [0.4, 0.5) is 17.5 Å². The smallest absolute Gasteiger partial charge is 0.186 e. The van der Waals surface area contributed by atoms with Crippen LogP contribution in [0.2, 0.25) is 0 Å². The highest BCUT2D eigenvalue weighted by atomic mass is 16.5. The van der Waals surface area contributed by atoms with Gasteiger partial charge in [-0.05, 0) is 12.8 Å². The molecular weight excluding hydrogens is 494 g/mol. The maximum Gasteiger partial charge on any atom is 0.186 e. The van der Waals surface area contributed by atoms with E-state index in [1.807, 2.05) is 30.3 Å². The lowest BCUT2D eigenvalue weighted by Crippen LogP contribution is -2.39. The highest BCUT2D eigenvalue weighted by Crippen LogP contribution is 2.31. The lowest BCUT2D eigenvalue weighted by molar-refractivity contribution is 0.0398. The Hall–Kier alpha value is -3.12. The zero-order valence-electron chi connectivity index (χ0n) is 22.6. The summed E-state index contributed by atoms with van der Waals surface area (Å²) in [6, 6.07) is 10.1. The fourth-order valence-electron chi connectivity index (χ4n) is 5.36. The van der Waals surface area contributed by atoms with Gasteiger partial charge in [-0.15, -0.1) is 0 Å². The van der Waals surface area contributed by atoms with Crippen molar-refractivity contribution >= 4 is 28.6 Å². The van der Waals surface area contributed by atoms with Crippen molar-refractivity contribution in [1.82, 2.24) is 29.7 Å². The Balaban J connectivity index is 1.30. The highest BCUT2D eigenvalue weighted by molar-refractivity contribution is 5.88. The van der Waals surface area contributed by atoms with Crippen LogP contribution in [-0.4, -0.2) is 122 Å². The molecule has 6 rings (SSSR count). The molecule has 3 aliphatic heterocycles. The Morgan fingerprint density at radius 3 is 1.92 bits per heavy atom. The maximum absolute atomic E-state index is 5.50. The number of hydrogen-bond donors (Lipinski definition) is 2. The lowest BCUT2D eigenvalue weighted by atomic mass is 10.2. The zero-order valence-corrected chi connectivity index (χ0v) is 22.6. The molecule has 0 atom stereocenters. The predicted molar refractivity (Wildman–Crippen MR) is 154 cm³/mol. The number of hydrogen-bond acceptors (Lipinski definition) is 11. The van der Waals surface area contributed by atoms with Crippen LogP contribution in [0.1, 0.15) is 12.8 Å². The Bertz CT molecular complexity index is 1210. The van der Waals surface area contributed by atoms with Crippen LogP contribution in [-0.2, 0) is 9.47 Å². The van der Waals surface area contributed by atoms with Gasteiger partial charge in [-0.3, -0.25) is 9.80 Å². The number of fused-ring (bicyclic) bond motifs is 1. The molecule has 0 amide bonds. The first kappa shape index (κ1) is 26.1. The molecule has 0 bridgehead atoms. The predicted octanol–water partition coefficient (Wildman–Crippen LogP) is 2.18. The van der Waals surface area contributed by atoms with Crippen molar-refractivity contribution in [2.24, 2.45) is 0 Å². The molecule has 3 aliphatic rings. The molecule has 0 saturated carbocycles. The monoisotopic (exact) mass is 533 g/mol.